The van der Waals surface area contributed by atoms with Gasteiger partial charge >= 0.3 is 0 Å². The van der Waals surface area contributed by atoms with Crippen molar-refractivity contribution < 1.29 is 4.79 Å². The Morgan fingerprint density at radius 1 is 1.41 bits per heavy atom. The number of benzene rings is 1. The van der Waals surface area contributed by atoms with Gasteiger partial charge in [-0.2, -0.15) is 5.10 Å². The molecule has 0 fully saturated rings. The minimum atomic E-state index is -0.352. The lowest BCUT2D eigenvalue weighted by molar-refractivity contribution is -0.124. The molecule has 5 nitrogen and oxygen atoms in total. The van der Waals surface area contributed by atoms with E-state index >= 15 is 0 Å². The van der Waals surface area contributed by atoms with Gasteiger partial charge in [-0.3, -0.25) is 14.4 Å². The van der Waals surface area contributed by atoms with Crippen molar-refractivity contribution in [2.75, 3.05) is 6.54 Å². The van der Waals surface area contributed by atoms with Crippen LogP contribution in [-0.2, 0) is 24.3 Å². The highest BCUT2D eigenvalue weighted by Crippen LogP contribution is 2.31. The zero-order chi connectivity index (χ0) is 15.7. The van der Waals surface area contributed by atoms with E-state index in [-0.39, 0.29) is 11.9 Å². The third-order valence-corrected chi connectivity index (χ3v) is 4.40. The zero-order valence-corrected chi connectivity index (χ0v) is 13.1. The number of hydrogen-bond acceptors (Lipinski definition) is 3. The van der Waals surface area contributed by atoms with Gasteiger partial charge in [-0.1, -0.05) is 24.3 Å². The molecule has 0 saturated carbocycles. The Morgan fingerprint density at radius 2 is 2.18 bits per heavy atom. The van der Waals surface area contributed by atoms with Gasteiger partial charge in [0.05, 0.1) is 5.69 Å². The molecule has 0 aliphatic carbocycles. The van der Waals surface area contributed by atoms with E-state index in [0.717, 1.165) is 36.3 Å². The van der Waals surface area contributed by atoms with Crippen molar-refractivity contribution in [2.45, 2.75) is 39.4 Å². The summed E-state index contributed by atoms with van der Waals surface area (Å²) in [6.45, 7) is 6.47. The summed E-state index contributed by atoms with van der Waals surface area (Å²) in [6.07, 6.45) is 3.01. The van der Waals surface area contributed by atoms with Crippen LogP contribution in [-0.4, -0.2) is 27.1 Å². The first-order valence-corrected chi connectivity index (χ1v) is 7.74. The second-order valence-electron chi connectivity index (χ2n) is 5.82. The Bertz CT molecular complexity index is 692. The van der Waals surface area contributed by atoms with Gasteiger partial charge in [0.1, 0.15) is 6.04 Å². The number of aromatic nitrogens is 2. The topological polar surface area (TPSA) is 64.2 Å². The number of primary amides is 1. The van der Waals surface area contributed by atoms with E-state index in [1.807, 2.05) is 29.8 Å². The van der Waals surface area contributed by atoms with Gasteiger partial charge in [0.25, 0.3) is 0 Å². The molecular weight excluding hydrogens is 276 g/mol. The van der Waals surface area contributed by atoms with Crippen LogP contribution in [0.4, 0.5) is 0 Å². The Kier molecular flexibility index (Phi) is 3.98. The molecule has 2 heterocycles. The first kappa shape index (κ1) is 14.8. The largest absolute Gasteiger partial charge is 0.368 e. The summed E-state index contributed by atoms with van der Waals surface area (Å²) in [5, 5.41) is 4.48. The number of carbonyl (C=O) groups is 1. The van der Waals surface area contributed by atoms with Crippen LogP contribution in [0.1, 0.15) is 35.3 Å². The molecule has 1 aromatic carbocycles. The van der Waals surface area contributed by atoms with E-state index in [1.165, 1.54) is 5.56 Å². The van der Waals surface area contributed by atoms with Crippen molar-refractivity contribution in [3.63, 3.8) is 0 Å². The quantitative estimate of drug-likeness (QED) is 0.936. The molecule has 1 aliphatic heterocycles. The molecule has 0 radical (unpaired) electrons. The predicted molar refractivity (Wildman–Crippen MR) is 85.1 cm³/mol. The number of carbonyl (C=O) groups excluding carboxylic acids is 1. The van der Waals surface area contributed by atoms with Gasteiger partial charge in [0, 0.05) is 31.4 Å². The van der Waals surface area contributed by atoms with Crippen LogP contribution in [0.3, 0.4) is 0 Å². The van der Waals surface area contributed by atoms with Gasteiger partial charge in [-0.15, -0.1) is 0 Å². The molecule has 2 N–H and O–H groups in total. The number of hydrogen-bond donors (Lipinski definition) is 1. The number of fused-ring (bicyclic) bond motifs is 1. The molecule has 22 heavy (non-hydrogen) atoms. The fourth-order valence-corrected chi connectivity index (χ4v) is 3.22. The van der Waals surface area contributed by atoms with Crippen LogP contribution in [0.2, 0.25) is 0 Å². The summed E-state index contributed by atoms with van der Waals surface area (Å²) in [5.74, 6) is -0.285. The minimum absolute atomic E-state index is 0.285. The molecule has 0 saturated heterocycles. The van der Waals surface area contributed by atoms with E-state index in [0.29, 0.717) is 6.54 Å². The van der Waals surface area contributed by atoms with Crippen LogP contribution in [0.25, 0.3) is 0 Å². The monoisotopic (exact) mass is 298 g/mol. The molecule has 1 amide bonds. The van der Waals surface area contributed by atoms with E-state index < -0.39 is 0 Å². The maximum Gasteiger partial charge on any atom is 0.239 e. The Balaban J connectivity index is 1.90. The lowest BCUT2D eigenvalue weighted by Gasteiger charge is -2.35. The van der Waals surface area contributed by atoms with Crippen LogP contribution < -0.4 is 5.73 Å². The second kappa shape index (κ2) is 5.93. The predicted octanol–water partition coefficient (Wildman–Crippen LogP) is 1.80. The summed E-state index contributed by atoms with van der Waals surface area (Å²) in [5.41, 5.74) is 10.1. The Labute approximate surface area is 130 Å². The molecule has 1 aromatic heterocycles. The minimum Gasteiger partial charge on any atom is -0.368 e. The normalized spacial score (nSPS) is 18.2. The van der Waals surface area contributed by atoms with Crippen molar-refractivity contribution in [3.8, 4) is 0 Å². The molecule has 1 unspecified atom stereocenters. The van der Waals surface area contributed by atoms with E-state index in [4.69, 9.17) is 5.73 Å². The van der Waals surface area contributed by atoms with Gasteiger partial charge in [-0.05, 0) is 31.4 Å². The summed E-state index contributed by atoms with van der Waals surface area (Å²) in [6, 6.07) is 7.73. The number of nitrogens with zero attached hydrogens (tertiary/aromatic N) is 3. The zero-order valence-electron chi connectivity index (χ0n) is 13.1. The van der Waals surface area contributed by atoms with Crippen molar-refractivity contribution in [1.29, 1.82) is 0 Å². The molecule has 0 bridgehead atoms. The maximum absolute atomic E-state index is 12.0. The van der Waals surface area contributed by atoms with Crippen LogP contribution in [0.5, 0.6) is 0 Å². The highest BCUT2D eigenvalue weighted by Gasteiger charge is 2.31. The second-order valence-corrected chi connectivity index (χ2v) is 5.82. The fraction of sp³-hybridized carbons (Fsp3) is 0.412. The maximum atomic E-state index is 12.0. The third kappa shape index (κ3) is 2.64. The Hall–Kier alpha value is -2.14. The van der Waals surface area contributed by atoms with E-state index in [2.05, 4.69) is 29.2 Å². The van der Waals surface area contributed by atoms with Crippen molar-refractivity contribution in [1.82, 2.24) is 14.7 Å². The number of aryl methyl sites for hydroxylation is 2. The number of amides is 1. The fourth-order valence-electron chi connectivity index (χ4n) is 3.22. The summed E-state index contributed by atoms with van der Waals surface area (Å²) < 4.78 is 1.93. The average molecular weight is 298 g/mol. The molecule has 2 aromatic rings. The SMILES string of the molecule is CCn1cc(CN2CCc3ccccc3C2C(N)=O)c(C)n1. The summed E-state index contributed by atoms with van der Waals surface area (Å²) >= 11 is 0. The molecule has 1 aliphatic rings. The van der Waals surface area contributed by atoms with Gasteiger partial charge < -0.3 is 5.73 Å². The Morgan fingerprint density at radius 3 is 2.86 bits per heavy atom. The first-order valence-electron chi connectivity index (χ1n) is 7.74. The van der Waals surface area contributed by atoms with Gasteiger partial charge in [0.2, 0.25) is 5.91 Å². The smallest absolute Gasteiger partial charge is 0.239 e. The molecule has 0 spiro atoms. The number of rotatable bonds is 4. The van der Waals surface area contributed by atoms with Crippen LogP contribution in [0.15, 0.2) is 30.5 Å². The first-order chi connectivity index (χ1) is 10.6. The molecule has 1 atom stereocenters. The standard InChI is InChI=1S/C17H22N4O/c1-3-21-11-14(12(2)19-21)10-20-9-8-13-6-4-5-7-15(13)16(20)17(18)22/h4-7,11,16H,3,8-10H2,1-2H3,(H2,18,22). The van der Waals surface area contributed by atoms with Crippen molar-refractivity contribution >= 4 is 5.91 Å². The van der Waals surface area contributed by atoms with Crippen molar-refractivity contribution in [3.05, 3.63) is 52.8 Å². The third-order valence-electron chi connectivity index (χ3n) is 4.40. The summed E-state index contributed by atoms with van der Waals surface area (Å²) in [4.78, 5) is 14.2. The molecular formula is C17H22N4O. The lowest BCUT2D eigenvalue weighted by Crippen LogP contribution is -2.42. The van der Waals surface area contributed by atoms with Gasteiger partial charge in [0.15, 0.2) is 0 Å². The van der Waals surface area contributed by atoms with E-state index in [1.54, 1.807) is 0 Å². The molecule has 116 valence electrons. The number of nitrogens with two attached hydrogens (primary N) is 1. The summed E-state index contributed by atoms with van der Waals surface area (Å²) in [7, 11) is 0. The molecule has 3 rings (SSSR count). The average Bonchev–Trinajstić information content (AvgIpc) is 2.87. The van der Waals surface area contributed by atoms with Gasteiger partial charge in [-0.25, -0.2) is 0 Å². The lowest BCUT2D eigenvalue weighted by atomic mass is 9.92. The molecule has 5 heteroatoms. The highest BCUT2D eigenvalue weighted by molar-refractivity contribution is 5.82. The highest BCUT2D eigenvalue weighted by atomic mass is 16.1. The van der Waals surface area contributed by atoms with Crippen LogP contribution >= 0.6 is 0 Å². The van der Waals surface area contributed by atoms with Crippen LogP contribution in [0, 0.1) is 6.92 Å². The van der Waals surface area contributed by atoms with E-state index in [9.17, 15) is 4.79 Å². The van der Waals surface area contributed by atoms with Crippen molar-refractivity contribution in [2.24, 2.45) is 5.73 Å².